The fraction of sp³-hybridized carbons (Fsp3) is 0.636. The predicted molar refractivity (Wildman–Crippen MR) is 59.0 cm³/mol. The minimum absolute atomic E-state index is 0.203. The highest BCUT2D eigenvalue weighted by Gasteiger charge is 2.29. The summed E-state index contributed by atoms with van der Waals surface area (Å²) < 4.78 is 1.63. The zero-order chi connectivity index (χ0) is 11.8. The molecule has 0 spiro atoms. The van der Waals surface area contributed by atoms with Gasteiger partial charge < -0.3 is 10.8 Å². The van der Waals surface area contributed by atoms with E-state index in [0.717, 1.165) is 0 Å². The summed E-state index contributed by atoms with van der Waals surface area (Å²) in [7, 11) is 0. The minimum Gasteiger partial charge on any atom is -0.480 e. The van der Waals surface area contributed by atoms with E-state index in [0.29, 0.717) is 5.92 Å². The molecule has 16 heavy (non-hydrogen) atoms. The third-order valence-corrected chi connectivity index (χ3v) is 3.21. The molecule has 0 aliphatic heterocycles. The van der Waals surface area contributed by atoms with Crippen LogP contribution in [0.2, 0.25) is 0 Å². The first-order valence-electron chi connectivity index (χ1n) is 5.54. The van der Waals surface area contributed by atoms with Crippen LogP contribution in [0.5, 0.6) is 0 Å². The van der Waals surface area contributed by atoms with Gasteiger partial charge in [-0.05, 0) is 31.2 Å². The smallest absolute Gasteiger partial charge is 0.325 e. The van der Waals surface area contributed by atoms with Crippen molar-refractivity contribution in [1.82, 2.24) is 9.78 Å². The number of rotatable bonds is 4. The van der Waals surface area contributed by atoms with E-state index < -0.39 is 11.5 Å². The zero-order valence-electron chi connectivity index (χ0n) is 9.39. The molecule has 0 bridgehead atoms. The van der Waals surface area contributed by atoms with Crippen molar-refractivity contribution in [3.8, 4) is 0 Å². The molecule has 0 saturated heterocycles. The zero-order valence-corrected chi connectivity index (χ0v) is 9.39. The Hall–Kier alpha value is -1.36. The van der Waals surface area contributed by atoms with Crippen molar-refractivity contribution in [2.45, 2.75) is 44.2 Å². The third-order valence-electron chi connectivity index (χ3n) is 3.21. The summed E-state index contributed by atoms with van der Waals surface area (Å²) in [4.78, 5) is 10.9. The Morgan fingerprint density at radius 2 is 2.44 bits per heavy atom. The molecule has 1 aliphatic rings. The van der Waals surface area contributed by atoms with Crippen molar-refractivity contribution in [2.24, 2.45) is 5.73 Å². The van der Waals surface area contributed by atoms with Crippen molar-refractivity contribution in [1.29, 1.82) is 0 Å². The Labute approximate surface area is 94.2 Å². The van der Waals surface area contributed by atoms with Gasteiger partial charge in [0.2, 0.25) is 0 Å². The second-order valence-electron chi connectivity index (χ2n) is 4.82. The van der Waals surface area contributed by atoms with E-state index in [4.69, 9.17) is 10.8 Å². The van der Waals surface area contributed by atoms with E-state index in [2.05, 4.69) is 5.10 Å². The number of nitrogens with zero attached hydrogens (tertiary/aromatic N) is 2. The monoisotopic (exact) mass is 223 g/mol. The first kappa shape index (κ1) is 11.1. The van der Waals surface area contributed by atoms with E-state index in [9.17, 15) is 4.79 Å². The summed E-state index contributed by atoms with van der Waals surface area (Å²) in [5, 5.41) is 13.1. The number of hydrogen-bond acceptors (Lipinski definition) is 3. The Balaban J connectivity index is 2.04. The summed E-state index contributed by atoms with van der Waals surface area (Å²) in [6.07, 6.45) is 7.44. The first-order chi connectivity index (χ1) is 7.49. The van der Waals surface area contributed by atoms with Crippen molar-refractivity contribution in [3.63, 3.8) is 0 Å². The highest BCUT2D eigenvalue weighted by molar-refractivity contribution is 5.77. The van der Waals surface area contributed by atoms with E-state index in [1.807, 2.05) is 12.4 Å². The average molecular weight is 223 g/mol. The SMILES string of the molecule is CC(N)(Cn1cc(C2CCC2)cn1)C(=O)O. The van der Waals surface area contributed by atoms with Gasteiger partial charge in [-0.3, -0.25) is 9.48 Å². The van der Waals surface area contributed by atoms with E-state index >= 15 is 0 Å². The summed E-state index contributed by atoms with van der Waals surface area (Å²) >= 11 is 0. The van der Waals surface area contributed by atoms with Crippen LogP contribution in [-0.4, -0.2) is 26.4 Å². The predicted octanol–water partition coefficient (Wildman–Crippen LogP) is 0.953. The summed E-state index contributed by atoms with van der Waals surface area (Å²) in [6.45, 7) is 1.70. The van der Waals surface area contributed by atoms with Crippen molar-refractivity contribution >= 4 is 5.97 Å². The highest BCUT2D eigenvalue weighted by atomic mass is 16.4. The van der Waals surface area contributed by atoms with E-state index in [1.54, 1.807) is 4.68 Å². The van der Waals surface area contributed by atoms with Crippen LogP contribution in [0.3, 0.4) is 0 Å². The molecular formula is C11H17N3O2. The van der Waals surface area contributed by atoms with Gasteiger partial charge in [0.1, 0.15) is 5.54 Å². The normalized spacial score (nSPS) is 20.1. The van der Waals surface area contributed by atoms with Gasteiger partial charge in [-0.1, -0.05) is 6.42 Å². The van der Waals surface area contributed by atoms with Crippen LogP contribution in [0.25, 0.3) is 0 Å². The Kier molecular flexibility index (Phi) is 2.71. The summed E-state index contributed by atoms with van der Waals surface area (Å²) in [5.74, 6) is -0.393. The second kappa shape index (κ2) is 3.90. The maximum absolute atomic E-state index is 10.9. The highest BCUT2D eigenvalue weighted by Crippen LogP contribution is 2.35. The maximum atomic E-state index is 10.9. The fourth-order valence-corrected chi connectivity index (χ4v) is 1.82. The minimum atomic E-state index is -1.26. The Bertz CT molecular complexity index is 394. The van der Waals surface area contributed by atoms with Gasteiger partial charge >= 0.3 is 5.97 Å². The van der Waals surface area contributed by atoms with Crippen LogP contribution >= 0.6 is 0 Å². The van der Waals surface area contributed by atoms with Crippen LogP contribution in [0.4, 0.5) is 0 Å². The van der Waals surface area contributed by atoms with Crippen LogP contribution in [-0.2, 0) is 11.3 Å². The molecule has 5 heteroatoms. The van der Waals surface area contributed by atoms with Crippen molar-refractivity contribution < 1.29 is 9.90 Å². The second-order valence-corrected chi connectivity index (χ2v) is 4.82. The van der Waals surface area contributed by atoms with Gasteiger partial charge in [-0.2, -0.15) is 5.10 Å². The van der Waals surface area contributed by atoms with Gasteiger partial charge in [0.15, 0.2) is 0 Å². The Morgan fingerprint density at radius 3 is 2.94 bits per heavy atom. The molecule has 1 aromatic heterocycles. The quantitative estimate of drug-likeness (QED) is 0.796. The van der Waals surface area contributed by atoms with Gasteiger partial charge in [-0.15, -0.1) is 0 Å². The number of carboxylic acids is 1. The fourth-order valence-electron chi connectivity index (χ4n) is 1.82. The summed E-state index contributed by atoms with van der Waals surface area (Å²) in [6, 6.07) is 0. The molecule has 1 saturated carbocycles. The lowest BCUT2D eigenvalue weighted by Crippen LogP contribution is -2.48. The largest absolute Gasteiger partial charge is 0.480 e. The van der Waals surface area contributed by atoms with Crippen molar-refractivity contribution in [3.05, 3.63) is 18.0 Å². The number of aromatic nitrogens is 2. The molecule has 5 nitrogen and oxygen atoms in total. The van der Waals surface area contributed by atoms with Crippen molar-refractivity contribution in [2.75, 3.05) is 0 Å². The molecule has 2 rings (SSSR count). The topological polar surface area (TPSA) is 81.1 Å². The first-order valence-corrected chi connectivity index (χ1v) is 5.54. The molecule has 1 aromatic rings. The lowest BCUT2D eigenvalue weighted by Gasteiger charge is -2.24. The Morgan fingerprint density at radius 1 is 1.75 bits per heavy atom. The number of hydrogen-bond donors (Lipinski definition) is 2. The molecule has 0 radical (unpaired) electrons. The third kappa shape index (κ3) is 2.09. The molecule has 1 atom stereocenters. The van der Waals surface area contributed by atoms with Gasteiger partial charge in [0.25, 0.3) is 0 Å². The van der Waals surface area contributed by atoms with E-state index in [1.165, 1.54) is 31.7 Å². The number of carbonyl (C=O) groups is 1. The molecule has 0 aromatic carbocycles. The number of nitrogens with two attached hydrogens (primary N) is 1. The standard InChI is InChI=1S/C11H17N3O2/c1-11(12,10(15)16)7-14-6-9(5-13-14)8-3-2-4-8/h5-6,8H,2-4,7,12H2,1H3,(H,15,16). The van der Waals surface area contributed by atoms with Gasteiger partial charge in [0.05, 0.1) is 12.7 Å². The summed E-state index contributed by atoms with van der Waals surface area (Å²) in [5.41, 5.74) is 5.60. The molecule has 88 valence electrons. The lowest BCUT2D eigenvalue weighted by molar-refractivity contribution is -0.143. The van der Waals surface area contributed by atoms with Gasteiger partial charge in [-0.25, -0.2) is 0 Å². The number of carboxylic acid groups (broad SMARTS) is 1. The molecule has 1 heterocycles. The molecular weight excluding hydrogens is 206 g/mol. The maximum Gasteiger partial charge on any atom is 0.325 e. The van der Waals surface area contributed by atoms with Crippen LogP contribution in [0.15, 0.2) is 12.4 Å². The molecule has 0 amide bonds. The van der Waals surface area contributed by atoms with Gasteiger partial charge in [0, 0.05) is 6.20 Å². The van der Waals surface area contributed by atoms with Crippen LogP contribution < -0.4 is 5.73 Å². The lowest BCUT2D eigenvalue weighted by atomic mass is 9.81. The molecule has 1 fully saturated rings. The van der Waals surface area contributed by atoms with Crippen LogP contribution in [0, 0.1) is 0 Å². The number of aliphatic carboxylic acids is 1. The van der Waals surface area contributed by atoms with E-state index in [-0.39, 0.29) is 6.54 Å². The molecule has 1 aliphatic carbocycles. The molecule has 3 N–H and O–H groups in total. The van der Waals surface area contributed by atoms with Crippen LogP contribution in [0.1, 0.15) is 37.7 Å². The molecule has 1 unspecified atom stereocenters. The average Bonchev–Trinajstić information content (AvgIpc) is 2.48.